The molecule has 1 amide bonds. The highest BCUT2D eigenvalue weighted by Gasteiger charge is 2.48. The Labute approximate surface area is 201 Å². The SMILES string of the molecule is COc1c(Cl)cc(/C(O)=C2\C(=O)C(=O)N(c3cc(F)ccc3F)C2c2ccc(F)cc2)cc1Cl. The van der Waals surface area contributed by atoms with Gasteiger partial charge in [0.05, 0.1) is 34.5 Å². The van der Waals surface area contributed by atoms with Crippen LogP contribution in [-0.2, 0) is 9.59 Å². The van der Waals surface area contributed by atoms with Crippen molar-refractivity contribution in [2.24, 2.45) is 0 Å². The Hall–Kier alpha value is -3.49. The summed E-state index contributed by atoms with van der Waals surface area (Å²) in [6.07, 6.45) is 0. The van der Waals surface area contributed by atoms with Gasteiger partial charge in [0.15, 0.2) is 5.75 Å². The summed E-state index contributed by atoms with van der Waals surface area (Å²) in [4.78, 5) is 26.8. The molecular formula is C24H14Cl2F3NO4. The highest BCUT2D eigenvalue weighted by Crippen LogP contribution is 2.44. The maximum Gasteiger partial charge on any atom is 0.300 e. The van der Waals surface area contributed by atoms with Gasteiger partial charge in [0.2, 0.25) is 0 Å². The van der Waals surface area contributed by atoms with Crippen molar-refractivity contribution < 1.29 is 32.6 Å². The molecule has 1 heterocycles. The van der Waals surface area contributed by atoms with E-state index in [9.17, 15) is 27.9 Å². The molecule has 0 aromatic heterocycles. The summed E-state index contributed by atoms with van der Waals surface area (Å²) in [5.41, 5.74) is -0.837. The van der Waals surface area contributed by atoms with Crippen LogP contribution >= 0.6 is 23.2 Å². The lowest BCUT2D eigenvalue weighted by Gasteiger charge is -2.26. The summed E-state index contributed by atoms with van der Waals surface area (Å²) in [6.45, 7) is 0. The number of hydrogen-bond donors (Lipinski definition) is 1. The van der Waals surface area contributed by atoms with E-state index in [1.54, 1.807) is 0 Å². The monoisotopic (exact) mass is 507 g/mol. The maximum atomic E-state index is 14.7. The number of aliphatic hydroxyl groups excluding tert-OH is 1. The fourth-order valence-electron chi connectivity index (χ4n) is 3.76. The Morgan fingerprint density at radius 2 is 1.53 bits per heavy atom. The van der Waals surface area contributed by atoms with Gasteiger partial charge in [-0.2, -0.15) is 0 Å². The Kier molecular flexibility index (Phi) is 6.29. The van der Waals surface area contributed by atoms with Gasteiger partial charge < -0.3 is 9.84 Å². The zero-order chi connectivity index (χ0) is 24.7. The van der Waals surface area contributed by atoms with E-state index in [4.69, 9.17) is 27.9 Å². The number of carbonyl (C=O) groups is 2. The molecule has 0 saturated carbocycles. The number of ketones is 1. The first-order valence-corrected chi connectivity index (χ1v) is 10.4. The topological polar surface area (TPSA) is 66.8 Å². The molecule has 1 atom stereocenters. The third-order valence-corrected chi connectivity index (χ3v) is 5.84. The van der Waals surface area contributed by atoms with Gasteiger partial charge in [0, 0.05) is 11.6 Å². The van der Waals surface area contributed by atoms with Crippen molar-refractivity contribution in [3.8, 4) is 5.75 Å². The Morgan fingerprint density at radius 3 is 2.12 bits per heavy atom. The van der Waals surface area contributed by atoms with E-state index in [1.807, 2.05) is 0 Å². The standard InChI is InChI=1S/C24H14Cl2F3NO4/c1-34-23-15(25)8-12(9-16(23)26)21(31)19-20(11-2-4-13(27)5-3-11)30(24(33)22(19)32)18-10-14(28)6-7-17(18)29/h2-10,20,31H,1H3/b21-19+. The van der Waals surface area contributed by atoms with Crippen molar-refractivity contribution in [2.45, 2.75) is 6.04 Å². The fraction of sp³-hybridized carbons (Fsp3) is 0.0833. The Balaban J connectivity index is 1.99. The lowest BCUT2D eigenvalue weighted by Crippen LogP contribution is -2.30. The molecule has 0 bridgehead atoms. The van der Waals surface area contributed by atoms with Gasteiger partial charge in [-0.1, -0.05) is 35.3 Å². The molecule has 0 aliphatic carbocycles. The summed E-state index contributed by atoms with van der Waals surface area (Å²) in [5, 5.41) is 11.1. The smallest absolute Gasteiger partial charge is 0.300 e. The average Bonchev–Trinajstić information content (AvgIpc) is 3.05. The summed E-state index contributed by atoms with van der Waals surface area (Å²) >= 11 is 12.3. The molecule has 1 unspecified atom stereocenters. The predicted octanol–water partition coefficient (Wildman–Crippen LogP) is 6.05. The van der Waals surface area contributed by atoms with Crippen LogP contribution in [0, 0.1) is 17.5 Å². The van der Waals surface area contributed by atoms with E-state index in [1.165, 1.54) is 31.4 Å². The van der Waals surface area contributed by atoms with Crippen molar-refractivity contribution in [3.63, 3.8) is 0 Å². The highest BCUT2D eigenvalue weighted by atomic mass is 35.5. The van der Waals surface area contributed by atoms with Crippen LogP contribution in [0.2, 0.25) is 10.0 Å². The lowest BCUT2D eigenvalue weighted by molar-refractivity contribution is -0.132. The van der Waals surface area contributed by atoms with Gasteiger partial charge in [-0.05, 0) is 42.0 Å². The predicted molar refractivity (Wildman–Crippen MR) is 121 cm³/mol. The zero-order valence-corrected chi connectivity index (χ0v) is 18.8. The van der Waals surface area contributed by atoms with Gasteiger partial charge in [-0.15, -0.1) is 0 Å². The largest absolute Gasteiger partial charge is 0.507 e. The molecule has 34 heavy (non-hydrogen) atoms. The van der Waals surface area contributed by atoms with Gasteiger partial charge in [0.25, 0.3) is 11.7 Å². The minimum absolute atomic E-state index is 0.0142. The van der Waals surface area contributed by atoms with E-state index in [2.05, 4.69) is 0 Å². The Bertz CT molecular complexity index is 1340. The molecule has 3 aromatic rings. The number of anilines is 1. The zero-order valence-electron chi connectivity index (χ0n) is 17.3. The maximum absolute atomic E-state index is 14.7. The number of aliphatic hydroxyl groups is 1. The van der Waals surface area contributed by atoms with Gasteiger partial charge in [-0.25, -0.2) is 13.2 Å². The van der Waals surface area contributed by atoms with E-state index in [0.717, 1.165) is 30.3 Å². The number of amides is 1. The average molecular weight is 508 g/mol. The molecule has 0 spiro atoms. The molecule has 1 aliphatic heterocycles. The van der Waals surface area contributed by atoms with Crippen molar-refractivity contribution in [1.29, 1.82) is 0 Å². The number of rotatable bonds is 4. The lowest BCUT2D eigenvalue weighted by atomic mass is 9.95. The number of benzene rings is 3. The molecule has 1 aliphatic rings. The van der Waals surface area contributed by atoms with Crippen LogP contribution in [-0.4, -0.2) is 23.9 Å². The number of nitrogens with zero attached hydrogens (tertiary/aromatic N) is 1. The first-order chi connectivity index (χ1) is 16.1. The van der Waals surface area contributed by atoms with Crippen LogP contribution in [0.3, 0.4) is 0 Å². The van der Waals surface area contributed by atoms with Crippen LogP contribution in [0.25, 0.3) is 5.76 Å². The molecule has 5 nitrogen and oxygen atoms in total. The van der Waals surface area contributed by atoms with Crippen LogP contribution in [0.4, 0.5) is 18.9 Å². The normalized spacial score (nSPS) is 17.4. The molecular weight excluding hydrogens is 494 g/mol. The Morgan fingerprint density at radius 1 is 0.941 bits per heavy atom. The summed E-state index contributed by atoms with van der Waals surface area (Å²) < 4.78 is 47.3. The summed E-state index contributed by atoms with van der Waals surface area (Å²) in [7, 11) is 1.33. The molecule has 1 N–H and O–H groups in total. The number of halogens is 5. The summed E-state index contributed by atoms with van der Waals surface area (Å²) in [6, 6.07) is 8.18. The second-order valence-electron chi connectivity index (χ2n) is 7.29. The minimum atomic E-state index is -1.41. The molecule has 1 saturated heterocycles. The minimum Gasteiger partial charge on any atom is -0.507 e. The van der Waals surface area contributed by atoms with Crippen molar-refractivity contribution in [1.82, 2.24) is 0 Å². The molecule has 1 fully saturated rings. The number of carbonyl (C=O) groups excluding carboxylic acids is 2. The second-order valence-corrected chi connectivity index (χ2v) is 8.10. The molecule has 174 valence electrons. The van der Waals surface area contributed by atoms with E-state index < -0.39 is 52.2 Å². The fourth-order valence-corrected chi connectivity index (χ4v) is 4.40. The van der Waals surface area contributed by atoms with Crippen molar-refractivity contribution in [3.05, 3.63) is 98.8 Å². The van der Waals surface area contributed by atoms with Crippen LogP contribution in [0.5, 0.6) is 5.75 Å². The van der Waals surface area contributed by atoms with Crippen molar-refractivity contribution in [2.75, 3.05) is 12.0 Å². The van der Waals surface area contributed by atoms with E-state index in [0.29, 0.717) is 4.90 Å². The molecule has 0 radical (unpaired) electrons. The second kappa shape index (κ2) is 9.04. The third kappa shape index (κ3) is 3.99. The van der Waals surface area contributed by atoms with Gasteiger partial charge in [0.1, 0.15) is 23.2 Å². The van der Waals surface area contributed by atoms with Crippen LogP contribution < -0.4 is 9.64 Å². The third-order valence-electron chi connectivity index (χ3n) is 5.27. The number of ether oxygens (including phenoxy) is 1. The number of hydrogen-bond acceptors (Lipinski definition) is 4. The van der Waals surface area contributed by atoms with Gasteiger partial charge in [-0.3, -0.25) is 14.5 Å². The van der Waals surface area contributed by atoms with Crippen LogP contribution in [0.1, 0.15) is 17.2 Å². The van der Waals surface area contributed by atoms with Crippen molar-refractivity contribution >= 4 is 46.3 Å². The van der Waals surface area contributed by atoms with E-state index in [-0.39, 0.29) is 26.9 Å². The quantitative estimate of drug-likeness (QED) is 0.265. The summed E-state index contributed by atoms with van der Waals surface area (Å²) in [5.74, 6) is -5.37. The molecule has 10 heteroatoms. The first kappa shape index (κ1) is 23.7. The van der Waals surface area contributed by atoms with E-state index >= 15 is 0 Å². The molecule has 3 aromatic carbocycles. The first-order valence-electron chi connectivity index (χ1n) is 9.69. The number of Topliss-reactive ketones (excluding diaryl/α,β-unsaturated/α-hetero) is 1. The highest BCUT2D eigenvalue weighted by molar-refractivity contribution is 6.51. The van der Waals surface area contributed by atoms with Gasteiger partial charge >= 0.3 is 0 Å². The van der Waals surface area contributed by atoms with Crippen LogP contribution in [0.15, 0.2) is 60.2 Å². The number of methoxy groups -OCH3 is 1. The molecule has 4 rings (SSSR count).